The molecule has 2 saturated carbocycles. The Hall–Kier alpha value is -0.770. The highest BCUT2D eigenvalue weighted by Gasteiger charge is 2.40. The van der Waals surface area contributed by atoms with Gasteiger partial charge in [0.1, 0.15) is 4.88 Å². The predicted octanol–water partition coefficient (Wildman–Crippen LogP) is 7.80. The molecule has 0 nitrogen and oxygen atoms in total. The molecule has 144 valence electrons. The molecule has 3 atom stereocenters. The highest BCUT2D eigenvalue weighted by molar-refractivity contribution is 7.13. The molecule has 3 aliphatic rings. The zero-order valence-corrected chi connectivity index (χ0v) is 16.3. The van der Waals surface area contributed by atoms with E-state index in [1.807, 2.05) is 0 Å². The number of thiophene rings is 1. The van der Waals surface area contributed by atoms with Gasteiger partial charge in [-0.15, -0.1) is 11.3 Å². The molecule has 0 amide bonds. The maximum atomic E-state index is 12.8. The number of hydrogen-bond donors (Lipinski definition) is 0. The van der Waals surface area contributed by atoms with E-state index in [4.69, 9.17) is 0 Å². The van der Waals surface area contributed by atoms with Gasteiger partial charge in [0.15, 0.2) is 0 Å². The fourth-order valence-corrected chi connectivity index (χ4v) is 6.26. The van der Waals surface area contributed by atoms with Crippen LogP contribution < -0.4 is 0 Å². The molecule has 3 unspecified atom stereocenters. The molecule has 0 spiro atoms. The van der Waals surface area contributed by atoms with Gasteiger partial charge in [0.25, 0.3) is 0 Å². The Morgan fingerprint density at radius 2 is 1.77 bits per heavy atom. The van der Waals surface area contributed by atoms with Crippen LogP contribution in [0.25, 0.3) is 5.57 Å². The molecule has 4 rings (SSSR count). The summed E-state index contributed by atoms with van der Waals surface area (Å²) < 4.78 is 38.4. The van der Waals surface area contributed by atoms with Gasteiger partial charge in [-0.2, -0.15) is 13.2 Å². The van der Waals surface area contributed by atoms with Crippen molar-refractivity contribution in [2.24, 2.45) is 29.6 Å². The first-order chi connectivity index (χ1) is 12.4. The van der Waals surface area contributed by atoms with Crippen LogP contribution in [0.1, 0.15) is 74.5 Å². The lowest BCUT2D eigenvalue weighted by Gasteiger charge is -2.32. The van der Waals surface area contributed by atoms with Gasteiger partial charge in [-0.05, 0) is 92.2 Å². The van der Waals surface area contributed by atoms with Gasteiger partial charge in [-0.25, -0.2) is 0 Å². The average molecular weight is 383 g/mol. The summed E-state index contributed by atoms with van der Waals surface area (Å²) in [6.07, 6.45) is 9.61. The number of allylic oxidation sites excluding steroid dienone is 2. The first kappa shape index (κ1) is 18.6. The largest absolute Gasteiger partial charge is 0.425 e. The monoisotopic (exact) mass is 382 g/mol. The van der Waals surface area contributed by atoms with Crippen molar-refractivity contribution in [3.8, 4) is 0 Å². The van der Waals surface area contributed by atoms with Gasteiger partial charge < -0.3 is 0 Å². The molecule has 26 heavy (non-hydrogen) atoms. The molecule has 3 aliphatic carbocycles. The van der Waals surface area contributed by atoms with E-state index in [2.05, 4.69) is 13.0 Å². The van der Waals surface area contributed by atoms with Crippen LogP contribution >= 0.6 is 11.3 Å². The van der Waals surface area contributed by atoms with E-state index >= 15 is 0 Å². The fraction of sp³-hybridized carbons (Fsp3) is 0.727. The zero-order valence-electron chi connectivity index (χ0n) is 15.5. The van der Waals surface area contributed by atoms with Crippen LogP contribution in [-0.2, 0) is 6.18 Å². The number of rotatable bonds is 4. The van der Waals surface area contributed by atoms with Crippen molar-refractivity contribution < 1.29 is 13.2 Å². The Morgan fingerprint density at radius 3 is 2.31 bits per heavy atom. The second-order valence-corrected chi connectivity index (χ2v) is 10.0. The van der Waals surface area contributed by atoms with Crippen molar-refractivity contribution in [2.45, 2.75) is 70.9 Å². The lowest BCUT2D eigenvalue weighted by atomic mass is 9.74. The third-order valence-electron chi connectivity index (χ3n) is 7.06. The number of hydrogen-bond acceptors (Lipinski definition) is 1. The lowest BCUT2D eigenvalue weighted by Crippen LogP contribution is -2.19. The van der Waals surface area contributed by atoms with E-state index in [0.717, 1.165) is 70.6 Å². The van der Waals surface area contributed by atoms with Gasteiger partial charge in [0.05, 0.1) is 0 Å². The van der Waals surface area contributed by atoms with Crippen molar-refractivity contribution >= 4 is 16.9 Å². The molecule has 0 N–H and O–H groups in total. The van der Waals surface area contributed by atoms with Crippen molar-refractivity contribution in [3.63, 3.8) is 0 Å². The van der Waals surface area contributed by atoms with Crippen molar-refractivity contribution in [1.82, 2.24) is 0 Å². The Bertz CT molecular complexity index is 649. The molecule has 0 bridgehead atoms. The van der Waals surface area contributed by atoms with Crippen molar-refractivity contribution in [2.75, 3.05) is 0 Å². The summed E-state index contributed by atoms with van der Waals surface area (Å²) >= 11 is 0.899. The standard InChI is InChI=1S/C22H29F3S/c1-14-12-19(14)17-6-2-15(3-7-17)13-16-4-8-18(9-5-16)20-10-11-21(26-20)22(23,24)25/h8,10-11,14-17,19H,2-7,9,12-13H2,1H3. The first-order valence-electron chi connectivity index (χ1n) is 10.3. The van der Waals surface area contributed by atoms with E-state index in [0.29, 0.717) is 0 Å². The Kier molecular flexibility index (Phi) is 5.24. The Morgan fingerprint density at radius 1 is 1.04 bits per heavy atom. The maximum Gasteiger partial charge on any atom is 0.425 e. The fourth-order valence-electron chi connectivity index (χ4n) is 5.32. The van der Waals surface area contributed by atoms with E-state index in [-0.39, 0.29) is 0 Å². The van der Waals surface area contributed by atoms with Gasteiger partial charge in [0.2, 0.25) is 0 Å². The van der Waals surface area contributed by atoms with Gasteiger partial charge >= 0.3 is 6.18 Å². The average Bonchev–Trinajstić information content (AvgIpc) is 3.13. The molecule has 0 radical (unpaired) electrons. The highest BCUT2D eigenvalue weighted by Crippen LogP contribution is 2.50. The molecule has 1 aromatic rings. The molecule has 0 aromatic carbocycles. The summed E-state index contributed by atoms with van der Waals surface area (Å²) in [5.41, 5.74) is 1.13. The lowest BCUT2D eigenvalue weighted by molar-refractivity contribution is -0.134. The molecule has 1 heterocycles. The van der Waals surface area contributed by atoms with Crippen LogP contribution in [0.4, 0.5) is 13.2 Å². The molecule has 0 aliphatic heterocycles. The molecular weight excluding hydrogens is 353 g/mol. The van der Waals surface area contributed by atoms with Crippen LogP contribution in [0.15, 0.2) is 18.2 Å². The third-order valence-corrected chi connectivity index (χ3v) is 8.26. The maximum absolute atomic E-state index is 12.8. The Labute approximate surface area is 158 Å². The molecule has 0 saturated heterocycles. The quantitative estimate of drug-likeness (QED) is 0.498. The molecular formula is C22H29F3S. The summed E-state index contributed by atoms with van der Waals surface area (Å²) in [5.74, 6) is 4.64. The first-order valence-corrected chi connectivity index (χ1v) is 11.1. The minimum atomic E-state index is -4.21. The van der Waals surface area contributed by atoms with Crippen LogP contribution in [0.3, 0.4) is 0 Å². The summed E-state index contributed by atoms with van der Waals surface area (Å²) in [6, 6.07) is 2.88. The zero-order chi connectivity index (χ0) is 18.3. The minimum Gasteiger partial charge on any atom is -0.165 e. The van der Waals surface area contributed by atoms with E-state index in [1.54, 1.807) is 6.07 Å². The highest BCUT2D eigenvalue weighted by atomic mass is 32.1. The normalized spacial score (nSPS) is 35.2. The van der Waals surface area contributed by atoms with E-state index in [9.17, 15) is 13.2 Å². The van der Waals surface area contributed by atoms with Crippen LogP contribution in [-0.4, -0.2) is 0 Å². The SMILES string of the molecule is CC1CC1C1CCC(CC2CC=C(c3ccc(C(F)(F)F)s3)CC2)CC1. The molecule has 4 heteroatoms. The summed E-state index contributed by atoms with van der Waals surface area (Å²) in [6.45, 7) is 2.40. The van der Waals surface area contributed by atoms with Gasteiger partial charge in [-0.3, -0.25) is 0 Å². The van der Waals surface area contributed by atoms with Crippen LogP contribution in [0.5, 0.6) is 0 Å². The van der Waals surface area contributed by atoms with Gasteiger partial charge in [-0.1, -0.05) is 25.8 Å². The minimum absolute atomic E-state index is 0.475. The topological polar surface area (TPSA) is 0 Å². The third kappa shape index (κ3) is 4.21. The summed E-state index contributed by atoms with van der Waals surface area (Å²) in [4.78, 5) is 0.340. The smallest absolute Gasteiger partial charge is 0.165 e. The summed E-state index contributed by atoms with van der Waals surface area (Å²) in [7, 11) is 0. The van der Waals surface area contributed by atoms with Gasteiger partial charge in [0, 0.05) is 4.88 Å². The Balaban J connectivity index is 1.26. The molecule has 1 aromatic heterocycles. The van der Waals surface area contributed by atoms with Crippen LogP contribution in [0, 0.1) is 29.6 Å². The van der Waals surface area contributed by atoms with Crippen LogP contribution in [0.2, 0.25) is 0 Å². The number of halogens is 3. The van der Waals surface area contributed by atoms with E-state index < -0.39 is 11.1 Å². The van der Waals surface area contributed by atoms with Crippen molar-refractivity contribution in [3.05, 3.63) is 28.0 Å². The predicted molar refractivity (Wildman–Crippen MR) is 102 cm³/mol. The van der Waals surface area contributed by atoms with Crippen molar-refractivity contribution in [1.29, 1.82) is 0 Å². The van der Waals surface area contributed by atoms with E-state index in [1.165, 1.54) is 44.6 Å². The summed E-state index contributed by atoms with van der Waals surface area (Å²) in [5, 5.41) is 0. The second-order valence-electron chi connectivity index (χ2n) is 8.92. The second kappa shape index (κ2) is 7.33. The number of alkyl halides is 3. The molecule has 2 fully saturated rings.